The van der Waals surface area contributed by atoms with Crippen molar-refractivity contribution in [1.29, 1.82) is 0 Å². The van der Waals surface area contributed by atoms with Crippen LogP contribution in [-0.2, 0) is 14.6 Å². The maximum absolute atomic E-state index is 13.0. The summed E-state index contributed by atoms with van der Waals surface area (Å²) in [5.41, 5.74) is -0.593. The first-order valence-electron chi connectivity index (χ1n) is 10.4. The second-order valence-electron chi connectivity index (χ2n) is 9.33. The fourth-order valence-corrected chi connectivity index (χ4v) is 5.57. The van der Waals surface area contributed by atoms with Gasteiger partial charge in [0.15, 0.2) is 9.84 Å². The third-order valence-electron chi connectivity index (χ3n) is 5.58. The third kappa shape index (κ3) is 7.00. The molecule has 0 radical (unpaired) electrons. The quantitative estimate of drug-likeness (QED) is 0.750. The van der Waals surface area contributed by atoms with Gasteiger partial charge in [0.2, 0.25) is 0 Å². The maximum Gasteiger partial charge on any atom is 0.407 e. The smallest absolute Gasteiger partial charge is 0.407 e. The van der Waals surface area contributed by atoms with E-state index < -0.39 is 21.5 Å². The van der Waals surface area contributed by atoms with E-state index in [1.165, 1.54) is 0 Å². The highest BCUT2D eigenvalue weighted by molar-refractivity contribution is 7.91. The Kier molecular flexibility index (Phi) is 7.74. The van der Waals surface area contributed by atoms with Crippen LogP contribution in [0, 0.1) is 5.92 Å². The predicted molar refractivity (Wildman–Crippen MR) is 116 cm³/mol. The molecule has 7 heteroatoms. The summed E-state index contributed by atoms with van der Waals surface area (Å²) < 4.78 is 31.4. The van der Waals surface area contributed by atoms with Gasteiger partial charge in [-0.25, -0.2) is 13.2 Å². The van der Waals surface area contributed by atoms with Gasteiger partial charge in [0.05, 0.1) is 10.6 Å². The molecule has 1 saturated carbocycles. The SMILES string of the molecule is CC(C)N(C)[C@H]1CC[C@H](NC(=O)OC(C)(C)C)[C@@H](CS(=O)(=O)c2ccccc2)C1. The van der Waals surface area contributed by atoms with Crippen molar-refractivity contribution in [3.63, 3.8) is 0 Å². The number of sulfone groups is 1. The lowest BCUT2D eigenvalue weighted by molar-refractivity contribution is 0.0438. The van der Waals surface area contributed by atoms with Gasteiger partial charge in [-0.15, -0.1) is 0 Å². The summed E-state index contributed by atoms with van der Waals surface area (Å²) in [7, 11) is -1.36. The molecule has 0 heterocycles. The average Bonchev–Trinajstić information content (AvgIpc) is 2.61. The topological polar surface area (TPSA) is 75.7 Å². The van der Waals surface area contributed by atoms with Crippen LogP contribution in [0.3, 0.4) is 0 Å². The van der Waals surface area contributed by atoms with Crippen LogP contribution in [0.5, 0.6) is 0 Å². The number of hydrogen-bond donors (Lipinski definition) is 1. The van der Waals surface area contributed by atoms with Gasteiger partial charge in [0, 0.05) is 18.1 Å². The molecule has 1 N–H and O–H groups in total. The molecule has 1 fully saturated rings. The van der Waals surface area contributed by atoms with Gasteiger partial charge in [-0.1, -0.05) is 18.2 Å². The van der Waals surface area contributed by atoms with Crippen molar-refractivity contribution in [3.05, 3.63) is 30.3 Å². The molecule has 164 valence electrons. The van der Waals surface area contributed by atoms with E-state index in [0.717, 1.165) is 19.3 Å². The molecule has 1 aliphatic rings. The summed E-state index contributed by atoms with van der Waals surface area (Å²) in [5, 5.41) is 2.94. The maximum atomic E-state index is 13.0. The van der Waals surface area contributed by atoms with Crippen molar-refractivity contribution in [1.82, 2.24) is 10.2 Å². The lowest BCUT2D eigenvalue weighted by Crippen LogP contribution is -2.51. The lowest BCUT2D eigenvalue weighted by Gasteiger charge is -2.41. The molecular weight excluding hydrogens is 388 g/mol. The van der Waals surface area contributed by atoms with Gasteiger partial charge in [0.1, 0.15) is 5.60 Å². The summed E-state index contributed by atoms with van der Waals surface area (Å²) in [5.74, 6) is -0.160. The molecule has 29 heavy (non-hydrogen) atoms. The number of nitrogens with one attached hydrogen (secondary N) is 1. The summed E-state index contributed by atoms with van der Waals surface area (Å²) in [6.45, 7) is 9.73. The Bertz CT molecular complexity index is 772. The summed E-state index contributed by atoms with van der Waals surface area (Å²) in [6, 6.07) is 8.99. The van der Waals surface area contributed by atoms with Gasteiger partial charge >= 0.3 is 6.09 Å². The summed E-state index contributed by atoms with van der Waals surface area (Å²) in [6.07, 6.45) is 1.88. The molecule has 0 bridgehead atoms. The Morgan fingerprint density at radius 3 is 2.38 bits per heavy atom. The fourth-order valence-electron chi connectivity index (χ4n) is 3.87. The molecule has 0 spiro atoms. The molecule has 0 aromatic heterocycles. The minimum Gasteiger partial charge on any atom is -0.444 e. The monoisotopic (exact) mass is 424 g/mol. The van der Waals surface area contributed by atoms with Crippen LogP contribution in [0.25, 0.3) is 0 Å². The van der Waals surface area contributed by atoms with Crippen molar-refractivity contribution in [3.8, 4) is 0 Å². The van der Waals surface area contributed by atoms with Gasteiger partial charge < -0.3 is 15.0 Å². The number of hydrogen-bond acceptors (Lipinski definition) is 5. The van der Waals surface area contributed by atoms with E-state index in [1.807, 2.05) is 20.8 Å². The predicted octanol–water partition coefficient (Wildman–Crippen LogP) is 3.86. The number of carbonyl (C=O) groups is 1. The Hall–Kier alpha value is -1.60. The van der Waals surface area contributed by atoms with Crippen LogP contribution in [-0.4, -0.2) is 55.9 Å². The first-order chi connectivity index (χ1) is 13.4. The number of rotatable bonds is 6. The Morgan fingerprint density at radius 1 is 1.21 bits per heavy atom. The normalized spacial score (nSPS) is 23.2. The van der Waals surface area contributed by atoms with Crippen molar-refractivity contribution < 1.29 is 17.9 Å². The number of nitrogens with zero attached hydrogens (tertiary/aromatic N) is 1. The number of carbonyl (C=O) groups excluding carboxylic acids is 1. The zero-order valence-corrected chi connectivity index (χ0v) is 19.3. The zero-order chi connectivity index (χ0) is 21.8. The van der Waals surface area contributed by atoms with E-state index in [1.54, 1.807) is 30.3 Å². The summed E-state index contributed by atoms with van der Waals surface area (Å²) in [4.78, 5) is 15.0. The van der Waals surface area contributed by atoms with Gasteiger partial charge in [-0.05, 0) is 79.0 Å². The zero-order valence-electron chi connectivity index (χ0n) is 18.5. The molecule has 1 aliphatic carbocycles. The van der Waals surface area contributed by atoms with E-state index >= 15 is 0 Å². The van der Waals surface area contributed by atoms with Crippen molar-refractivity contribution >= 4 is 15.9 Å². The van der Waals surface area contributed by atoms with Crippen molar-refractivity contribution in [2.45, 2.75) is 82.5 Å². The van der Waals surface area contributed by atoms with E-state index in [0.29, 0.717) is 17.0 Å². The third-order valence-corrected chi connectivity index (χ3v) is 7.44. The molecule has 0 saturated heterocycles. The van der Waals surface area contributed by atoms with Gasteiger partial charge in [-0.3, -0.25) is 0 Å². The molecule has 6 nitrogen and oxygen atoms in total. The Balaban J connectivity index is 2.20. The Labute approximate surface area is 175 Å². The van der Waals surface area contributed by atoms with E-state index in [-0.39, 0.29) is 17.7 Å². The standard InChI is InChI=1S/C22H36N2O4S/c1-16(2)24(6)18-12-13-20(23-21(25)28-22(3,4)5)17(14-18)15-29(26,27)19-10-8-7-9-11-19/h7-11,16-18,20H,12-15H2,1-6H3,(H,23,25)/t17-,18+,20+/m1/s1. The van der Waals surface area contributed by atoms with E-state index in [9.17, 15) is 13.2 Å². The minimum absolute atomic E-state index is 0.0138. The van der Waals surface area contributed by atoms with Crippen molar-refractivity contribution in [2.24, 2.45) is 5.92 Å². The molecule has 3 atom stereocenters. The second kappa shape index (κ2) is 9.47. The summed E-state index contributed by atoms with van der Waals surface area (Å²) >= 11 is 0. The van der Waals surface area contributed by atoms with Crippen molar-refractivity contribution in [2.75, 3.05) is 12.8 Å². The molecule has 0 unspecified atom stereocenters. The second-order valence-corrected chi connectivity index (χ2v) is 11.4. The first-order valence-corrected chi connectivity index (χ1v) is 12.0. The molecule has 1 aromatic carbocycles. The first kappa shape index (κ1) is 23.7. The molecule has 2 rings (SSSR count). The van der Waals surface area contributed by atoms with Crippen LogP contribution in [0.1, 0.15) is 53.9 Å². The molecule has 0 aliphatic heterocycles. The molecule has 1 amide bonds. The van der Waals surface area contributed by atoms with Crippen LogP contribution >= 0.6 is 0 Å². The number of ether oxygens (including phenoxy) is 1. The number of amides is 1. The van der Waals surface area contributed by atoms with Crippen LogP contribution in [0.4, 0.5) is 4.79 Å². The van der Waals surface area contributed by atoms with Crippen LogP contribution < -0.4 is 5.32 Å². The van der Waals surface area contributed by atoms with Crippen LogP contribution in [0.15, 0.2) is 35.2 Å². The van der Waals surface area contributed by atoms with Gasteiger partial charge in [0.25, 0.3) is 0 Å². The van der Waals surface area contributed by atoms with Crippen LogP contribution in [0.2, 0.25) is 0 Å². The number of alkyl carbamates (subject to hydrolysis) is 1. The largest absolute Gasteiger partial charge is 0.444 e. The highest BCUT2D eigenvalue weighted by Gasteiger charge is 2.37. The van der Waals surface area contributed by atoms with E-state index in [2.05, 4.69) is 31.1 Å². The van der Waals surface area contributed by atoms with E-state index in [4.69, 9.17) is 4.74 Å². The molecular formula is C22H36N2O4S. The van der Waals surface area contributed by atoms with Gasteiger partial charge in [-0.2, -0.15) is 0 Å². The average molecular weight is 425 g/mol. The minimum atomic E-state index is -3.44. The fraction of sp³-hybridized carbons (Fsp3) is 0.682. The number of benzene rings is 1. The highest BCUT2D eigenvalue weighted by Crippen LogP contribution is 2.31. The highest BCUT2D eigenvalue weighted by atomic mass is 32.2. The lowest BCUT2D eigenvalue weighted by atomic mass is 9.81. The molecule has 1 aromatic rings. The Morgan fingerprint density at radius 2 is 1.83 bits per heavy atom.